The second-order valence-electron chi connectivity index (χ2n) is 17.4. The van der Waals surface area contributed by atoms with Crippen molar-refractivity contribution in [2.45, 2.75) is 155 Å². The van der Waals surface area contributed by atoms with E-state index in [2.05, 4.69) is 27.7 Å². The third-order valence-electron chi connectivity index (χ3n) is 13.9. The fourth-order valence-electron chi connectivity index (χ4n) is 11.3. The second kappa shape index (κ2) is 13.8. The molecule has 2 aliphatic heterocycles. The van der Waals surface area contributed by atoms with Gasteiger partial charge in [0.1, 0.15) is 37.1 Å². The molecule has 0 aromatic heterocycles. The smallest absolute Gasteiger partial charge is 0.306 e. The highest BCUT2D eigenvalue weighted by Gasteiger charge is 2.64. The Hall–Kier alpha value is -1.23. The van der Waals surface area contributed by atoms with Gasteiger partial charge in [-0.15, -0.1) is 0 Å². The van der Waals surface area contributed by atoms with Gasteiger partial charge in [0.2, 0.25) is 0 Å². The van der Waals surface area contributed by atoms with Gasteiger partial charge in [0.05, 0.1) is 18.5 Å². The molecule has 0 amide bonds. The summed E-state index contributed by atoms with van der Waals surface area (Å²) in [5, 5.41) is 41.8. The first kappa shape index (κ1) is 35.6. The number of aliphatic hydroxyl groups excluding tert-OH is 4. The van der Waals surface area contributed by atoms with Crippen molar-refractivity contribution in [2.75, 3.05) is 13.2 Å². The Bertz CT molecular complexity index is 1160. The van der Waals surface area contributed by atoms with E-state index in [-0.39, 0.29) is 42.5 Å². The van der Waals surface area contributed by atoms with Gasteiger partial charge in [-0.05, 0) is 117 Å². The number of carbonyl (C=O) groups is 1. The molecule has 9 nitrogen and oxygen atoms in total. The van der Waals surface area contributed by atoms with Crippen LogP contribution in [0.4, 0.5) is 0 Å². The van der Waals surface area contributed by atoms with Crippen molar-refractivity contribution in [3.63, 3.8) is 0 Å². The predicted molar refractivity (Wildman–Crippen MR) is 176 cm³/mol. The molecule has 6 rings (SSSR count). The molecule has 0 unspecified atom stereocenters. The fraction of sp³-hybridized carbons (Fsp3) is 0.921. The zero-order chi connectivity index (χ0) is 33.8. The van der Waals surface area contributed by atoms with Crippen LogP contribution in [0.1, 0.15) is 112 Å². The van der Waals surface area contributed by atoms with Gasteiger partial charge in [0.25, 0.3) is 0 Å². The Labute approximate surface area is 281 Å². The molecule has 268 valence electrons. The first-order valence-electron chi connectivity index (χ1n) is 18.7. The van der Waals surface area contributed by atoms with Gasteiger partial charge in [-0.2, -0.15) is 0 Å². The summed E-state index contributed by atoms with van der Waals surface area (Å²) in [5.41, 5.74) is 2.10. The number of aliphatic hydroxyl groups is 4. The summed E-state index contributed by atoms with van der Waals surface area (Å²) in [7, 11) is 0. The van der Waals surface area contributed by atoms with Crippen LogP contribution < -0.4 is 0 Å². The van der Waals surface area contributed by atoms with E-state index in [4.69, 9.17) is 18.9 Å². The largest absolute Gasteiger partial charge is 0.494 e. The SMILES string of the molecule is CC1=C(CC[C@@H](C)CO[C@@H]2O[C@H](COC(=O)CC(C)C)[C@@H](O)[C@H](O)[C@H]2O)O[C@H]2C[C@H]3[C@@H]4CC[C@H]5C[C@@H](O)CC[C@]5(C)[C@H]4CC[C@]3(C)[C@@H]12. The van der Waals surface area contributed by atoms with Gasteiger partial charge >= 0.3 is 5.97 Å². The molecule has 9 heteroatoms. The highest BCUT2D eigenvalue weighted by molar-refractivity contribution is 5.69. The van der Waals surface area contributed by atoms with Crippen LogP contribution in [0, 0.1) is 52.3 Å². The van der Waals surface area contributed by atoms with Crippen molar-refractivity contribution >= 4 is 5.97 Å². The highest BCUT2D eigenvalue weighted by atomic mass is 16.7. The van der Waals surface area contributed by atoms with Gasteiger partial charge in [-0.1, -0.05) is 34.6 Å². The Kier molecular flexibility index (Phi) is 10.5. The normalized spacial score (nSPS) is 46.7. The zero-order valence-corrected chi connectivity index (χ0v) is 29.6. The van der Waals surface area contributed by atoms with Crippen molar-refractivity contribution < 1.29 is 44.2 Å². The number of hydrogen-bond donors (Lipinski definition) is 4. The standard InChI is InChI=1S/C38H62O9/c1-20(2)15-31(40)44-19-30-33(41)34(42)35(43)36(47-30)45-18-21(3)7-10-28-22(4)32-29(46-28)17-27-25-9-8-23-16-24(39)11-13-37(23,5)26(25)12-14-38(27,32)6/h20-21,23-27,29-30,32-36,39,41-43H,7-19H2,1-6H3/t21-,23+,24+,25-,26+,27+,29+,30-,32+,33-,34+,35-,36-,37+,38+/m1/s1. The molecule has 0 radical (unpaired) electrons. The average molecular weight is 663 g/mol. The van der Waals surface area contributed by atoms with Gasteiger partial charge < -0.3 is 39.4 Å². The molecule has 4 N–H and O–H groups in total. The first-order valence-corrected chi connectivity index (χ1v) is 18.7. The topological polar surface area (TPSA) is 135 Å². The minimum Gasteiger partial charge on any atom is -0.494 e. The second-order valence-corrected chi connectivity index (χ2v) is 17.4. The maximum Gasteiger partial charge on any atom is 0.306 e. The lowest BCUT2D eigenvalue weighted by molar-refractivity contribution is -0.303. The number of rotatable bonds is 10. The summed E-state index contributed by atoms with van der Waals surface area (Å²) in [6.45, 7) is 13.4. The van der Waals surface area contributed by atoms with E-state index >= 15 is 0 Å². The van der Waals surface area contributed by atoms with Crippen LogP contribution >= 0.6 is 0 Å². The average Bonchev–Trinajstić information content (AvgIpc) is 3.50. The number of ether oxygens (including phenoxy) is 4. The Morgan fingerprint density at radius 3 is 2.43 bits per heavy atom. The summed E-state index contributed by atoms with van der Waals surface area (Å²) < 4.78 is 23.7. The molecular weight excluding hydrogens is 600 g/mol. The highest BCUT2D eigenvalue weighted by Crippen LogP contribution is 2.69. The molecule has 0 aromatic carbocycles. The zero-order valence-electron chi connectivity index (χ0n) is 29.6. The number of carbonyl (C=O) groups excluding carboxylic acids is 1. The van der Waals surface area contributed by atoms with Crippen LogP contribution in [0.5, 0.6) is 0 Å². The van der Waals surface area contributed by atoms with Gasteiger partial charge in [-0.3, -0.25) is 4.79 Å². The molecule has 6 aliphatic rings. The molecule has 5 fully saturated rings. The Morgan fingerprint density at radius 2 is 1.68 bits per heavy atom. The van der Waals surface area contributed by atoms with Crippen molar-refractivity contribution in [1.29, 1.82) is 0 Å². The van der Waals surface area contributed by atoms with Crippen LogP contribution in [-0.4, -0.2) is 82.5 Å². The quantitative estimate of drug-likeness (QED) is 0.235. The van der Waals surface area contributed by atoms with E-state index in [1.54, 1.807) is 0 Å². The van der Waals surface area contributed by atoms with Gasteiger partial charge in [-0.25, -0.2) is 0 Å². The van der Waals surface area contributed by atoms with Crippen molar-refractivity contribution in [1.82, 2.24) is 0 Å². The van der Waals surface area contributed by atoms with Gasteiger partial charge in [0.15, 0.2) is 6.29 Å². The Morgan fingerprint density at radius 1 is 0.936 bits per heavy atom. The minimum atomic E-state index is -1.47. The molecule has 1 saturated heterocycles. The van der Waals surface area contributed by atoms with E-state index in [0.717, 1.165) is 49.7 Å². The van der Waals surface area contributed by atoms with Crippen LogP contribution in [0.2, 0.25) is 0 Å². The summed E-state index contributed by atoms with van der Waals surface area (Å²) in [4.78, 5) is 12.0. The summed E-state index contributed by atoms with van der Waals surface area (Å²) in [6, 6.07) is 0. The molecule has 0 spiro atoms. The lowest BCUT2D eigenvalue weighted by Crippen LogP contribution is -2.59. The Balaban J connectivity index is 1.01. The van der Waals surface area contributed by atoms with Crippen LogP contribution in [0.25, 0.3) is 0 Å². The summed E-state index contributed by atoms with van der Waals surface area (Å²) in [6.07, 6.45) is 5.19. The fourth-order valence-corrected chi connectivity index (χ4v) is 11.3. The number of esters is 1. The molecule has 0 aromatic rings. The van der Waals surface area contributed by atoms with E-state index in [0.29, 0.717) is 29.8 Å². The number of allylic oxidation sites excluding steroid dienone is 1. The first-order chi connectivity index (χ1) is 22.2. The molecule has 2 heterocycles. The van der Waals surface area contributed by atoms with E-state index in [1.165, 1.54) is 37.7 Å². The molecule has 4 saturated carbocycles. The van der Waals surface area contributed by atoms with Gasteiger partial charge in [0, 0.05) is 18.8 Å². The monoisotopic (exact) mass is 662 g/mol. The van der Waals surface area contributed by atoms with Crippen LogP contribution in [0.15, 0.2) is 11.3 Å². The van der Waals surface area contributed by atoms with E-state index < -0.39 is 36.7 Å². The van der Waals surface area contributed by atoms with Crippen LogP contribution in [-0.2, 0) is 23.7 Å². The van der Waals surface area contributed by atoms with Crippen molar-refractivity contribution in [3.05, 3.63) is 11.3 Å². The maximum absolute atomic E-state index is 12.0. The van der Waals surface area contributed by atoms with Crippen molar-refractivity contribution in [2.24, 2.45) is 52.3 Å². The lowest BCUT2D eigenvalue weighted by Gasteiger charge is -2.60. The molecule has 0 bridgehead atoms. The van der Waals surface area contributed by atoms with Crippen LogP contribution in [0.3, 0.4) is 0 Å². The van der Waals surface area contributed by atoms with Crippen molar-refractivity contribution in [3.8, 4) is 0 Å². The summed E-state index contributed by atoms with van der Waals surface area (Å²) in [5.74, 6) is 4.45. The summed E-state index contributed by atoms with van der Waals surface area (Å²) >= 11 is 0. The number of fused-ring (bicyclic) bond motifs is 7. The predicted octanol–water partition coefficient (Wildman–Crippen LogP) is 5.12. The lowest BCUT2D eigenvalue weighted by atomic mass is 9.44. The van der Waals surface area contributed by atoms with E-state index in [9.17, 15) is 25.2 Å². The third-order valence-corrected chi connectivity index (χ3v) is 13.9. The van der Waals surface area contributed by atoms with E-state index in [1.807, 2.05) is 13.8 Å². The third kappa shape index (κ3) is 6.67. The maximum atomic E-state index is 12.0. The molecule has 47 heavy (non-hydrogen) atoms. The molecule has 4 aliphatic carbocycles. The molecule has 15 atom stereocenters. The molecular formula is C38H62O9. The minimum absolute atomic E-state index is 0.0999. The number of hydrogen-bond acceptors (Lipinski definition) is 9.